The summed E-state index contributed by atoms with van der Waals surface area (Å²) in [5.74, 6) is -1.06. The van der Waals surface area contributed by atoms with Crippen molar-refractivity contribution < 1.29 is 27.9 Å². The monoisotopic (exact) mass is 633 g/mol. The summed E-state index contributed by atoms with van der Waals surface area (Å²) in [6, 6.07) is 14.9. The topological polar surface area (TPSA) is 99.5 Å². The van der Waals surface area contributed by atoms with Gasteiger partial charge in [0.25, 0.3) is 11.8 Å². The van der Waals surface area contributed by atoms with Gasteiger partial charge in [0.1, 0.15) is 0 Å². The molecule has 1 unspecified atom stereocenters. The lowest BCUT2D eigenvalue weighted by Crippen LogP contribution is -2.58. The third-order valence-corrected chi connectivity index (χ3v) is 7.85. The minimum Gasteiger partial charge on any atom is -0.381 e. The summed E-state index contributed by atoms with van der Waals surface area (Å²) in [4.78, 5) is 26.3. The van der Waals surface area contributed by atoms with E-state index in [9.17, 15) is 27.9 Å². The number of hydrogen-bond donors (Lipinski definition) is 3. The summed E-state index contributed by atoms with van der Waals surface area (Å²) in [7, 11) is 1.13. The summed E-state index contributed by atoms with van der Waals surface area (Å²) >= 11 is 12.2. The summed E-state index contributed by atoms with van der Waals surface area (Å²) < 4.78 is 44.4. The molecular formula is C30H28Cl2F3N5O3. The number of anilines is 1. The highest BCUT2D eigenvalue weighted by Gasteiger charge is 2.54. The van der Waals surface area contributed by atoms with Crippen molar-refractivity contribution in [2.75, 3.05) is 25.5 Å². The first-order chi connectivity index (χ1) is 20.3. The predicted octanol–water partition coefficient (Wildman–Crippen LogP) is 6.01. The van der Waals surface area contributed by atoms with Crippen LogP contribution in [0.1, 0.15) is 39.1 Å². The first-order valence-corrected chi connectivity index (χ1v) is 14.1. The van der Waals surface area contributed by atoms with Crippen molar-refractivity contribution in [3.8, 4) is 5.69 Å². The van der Waals surface area contributed by atoms with Crippen LogP contribution in [-0.4, -0.2) is 69.6 Å². The highest BCUT2D eigenvalue weighted by Crippen LogP contribution is 2.34. The Morgan fingerprint density at radius 2 is 1.77 bits per heavy atom. The predicted molar refractivity (Wildman–Crippen MR) is 159 cm³/mol. The van der Waals surface area contributed by atoms with Gasteiger partial charge in [-0.2, -0.15) is 18.3 Å². The van der Waals surface area contributed by atoms with Crippen molar-refractivity contribution in [1.82, 2.24) is 20.0 Å². The van der Waals surface area contributed by atoms with Gasteiger partial charge in [-0.25, -0.2) is 4.68 Å². The molecule has 3 aromatic carbocycles. The van der Waals surface area contributed by atoms with Gasteiger partial charge >= 0.3 is 6.18 Å². The van der Waals surface area contributed by atoms with E-state index < -0.39 is 30.8 Å². The molecule has 0 bridgehead atoms. The Balaban J connectivity index is 1.40. The second kappa shape index (κ2) is 11.7. The van der Waals surface area contributed by atoms with Gasteiger partial charge in [0.05, 0.1) is 46.1 Å². The van der Waals surface area contributed by atoms with Crippen LogP contribution in [0.4, 0.5) is 18.9 Å². The molecule has 1 saturated carbocycles. The summed E-state index contributed by atoms with van der Waals surface area (Å²) in [5, 5.41) is 21.4. The molecule has 1 heterocycles. The van der Waals surface area contributed by atoms with Crippen molar-refractivity contribution in [3.63, 3.8) is 0 Å². The van der Waals surface area contributed by atoms with E-state index >= 15 is 0 Å². The number of carbonyl (C=O) groups excluding carboxylic acids is 2. The molecule has 1 aliphatic rings. The number of hydrogen-bond acceptors (Lipinski definition) is 5. The Bertz CT molecular complexity index is 1690. The van der Waals surface area contributed by atoms with E-state index in [1.54, 1.807) is 41.9 Å². The Kier molecular flexibility index (Phi) is 8.34. The first-order valence-electron chi connectivity index (χ1n) is 13.4. The van der Waals surface area contributed by atoms with Crippen molar-refractivity contribution >= 4 is 51.6 Å². The third kappa shape index (κ3) is 6.43. The van der Waals surface area contributed by atoms with Crippen LogP contribution >= 0.6 is 23.2 Å². The molecule has 0 spiro atoms. The van der Waals surface area contributed by atoms with E-state index in [0.717, 1.165) is 30.4 Å². The minimum absolute atomic E-state index is 0.0220. The average Bonchev–Trinajstić information content (AvgIpc) is 3.66. The standard InChI is InChI=1S/C30H28Cl2F3N5O3/c1-17-11-24(21-14-37-40(25(21)12-17)20-6-3-5-18(13-20)27(41)38-19-9-10-19)36-15-29(43,30(33,34)35)16-39(2)28(42)26-22(31)7-4-8-23(26)32/h3-8,11-14,19,36,43H,9-10,15-16H2,1-2H3,(H,38,41). The van der Waals surface area contributed by atoms with Crippen LogP contribution < -0.4 is 10.6 Å². The van der Waals surface area contributed by atoms with Gasteiger partial charge in [0.2, 0.25) is 0 Å². The van der Waals surface area contributed by atoms with Crippen LogP contribution in [0.15, 0.2) is 60.8 Å². The van der Waals surface area contributed by atoms with E-state index in [-0.39, 0.29) is 27.6 Å². The molecule has 8 nitrogen and oxygen atoms in total. The Morgan fingerprint density at radius 3 is 2.42 bits per heavy atom. The average molecular weight is 634 g/mol. The fourth-order valence-electron chi connectivity index (χ4n) is 4.74. The van der Waals surface area contributed by atoms with E-state index in [2.05, 4.69) is 15.7 Å². The van der Waals surface area contributed by atoms with Gasteiger partial charge < -0.3 is 20.6 Å². The number of fused-ring (bicyclic) bond motifs is 1. The molecule has 1 aromatic heterocycles. The molecule has 43 heavy (non-hydrogen) atoms. The molecule has 1 aliphatic carbocycles. The molecule has 3 N–H and O–H groups in total. The maximum atomic E-state index is 14.3. The van der Waals surface area contributed by atoms with E-state index in [4.69, 9.17) is 23.2 Å². The number of nitrogens with zero attached hydrogens (tertiary/aromatic N) is 3. The first kappa shape index (κ1) is 30.7. The van der Waals surface area contributed by atoms with E-state index in [1.165, 1.54) is 24.4 Å². The molecular weight excluding hydrogens is 606 g/mol. The maximum absolute atomic E-state index is 14.3. The van der Waals surface area contributed by atoms with E-state index in [0.29, 0.717) is 27.8 Å². The van der Waals surface area contributed by atoms with Gasteiger partial charge in [-0.3, -0.25) is 9.59 Å². The molecule has 0 aliphatic heterocycles. The zero-order valence-electron chi connectivity index (χ0n) is 23.2. The number of aryl methyl sites for hydroxylation is 1. The largest absolute Gasteiger partial charge is 0.420 e. The summed E-state index contributed by atoms with van der Waals surface area (Å²) in [6.45, 7) is -0.282. The Morgan fingerprint density at radius 1 is 1.09 bits per heavy atom. The normalized spacial score (nSPS) is 14.8. The summed E-state index contributed by atoms with van der Waals surface area (Å²) in [6.07, 6.45) is -1.70. The molecule has 5 rings (SSSR count). The molecule has 4 aromatic rings. The molecule has 1 atom stereocenters. The van der Waals surface area contributed by atoms with Crippen LogP contribution in [0.25, 0.3) is 16.6 Å². The van der Waals surface area contributed by atoms with Gasteiger partial charge in [0.15, 0.2) is 5.60 Å². The molecule has 0 radical (unpaired) electrons. The van der Waals surface area contributed by atoms with E-state index in [1.807, 2.05) is 6.07 Å². The van der Waals surface area contributed by atoms with Crippen LogP contribution in [-0.2, 0) is 0 Å². The number of alkyl halides is 3. The van der Waals surface area contributed by atoms with Gasteiger partial charge in [-0.05, 0) is 67.8 Å². The van der Waals surface area contributed by atoms with Crippen LogP contribution in [0, 0.1) is 6.92 Å². The maximum Gasteiger partial charge on any atom is 0.420 e. The van der Waals surface area contributed by atoms with Gasteiger partial charge in [-0.15, -0.1) is 0 Å². The quantitative estimate of drug-likeness (QED) is 0.210. The minimum atomic E-state index is -5.10. The zero-order valence-corrected chi connectivity index (χ0v) is 24.7. The number of benzene rings is 3. The lowest BCUT2D eigenvalue weighted by atomic mass is 10.0. The number of rotatable bonds is 9. The van der Waals surface area contributed by atoms with Crippen molar-refractivity contribution in [2.24, 2.45) is 0 Å². The van der Waals surface area contributed by atoms with Crippen LogP contribution in [0.2, 0.25) is 10.0 Å². The Hall–Kier alpha value is -3.80. The van der Waals surface area contributed by atoms with Crippen LogP contribution in [0.5, 0.6) is 0 Å². The lowest BCUT2D eigenvalue weighted by Gasteiger charge is -2.34. The SMILES string of the molecule is Cc1cc(NCC(O)(CN(C)C(=O)c2c(Cl)cccc2Cl)C(F)(F)F)c2cnn(-c3cccc(C(=O)NC4CC4)c3)c2c1. The second-order valence-corrected chi connectivity index (χ2v) is 11.6. The smallest absolute Gasteiger partial charge is 0.381 e. The number of aromatic nitrogens is 2. The number of likely N-dealkylation sites (N-methyl/N-ethyl adjacent to an activating group) is 1. The number of amides is 2. The highest BCUT2D eigenvalue weighted by atomic mass is 35.5. The summed E-state index contributed by atoms with van der Waals surface area (Å²) in [5.41, 5.74) is -0.830. The molecule has 226 valence electrons. The van der Waals surface area contributed by atoms with Crippen molar-refractivity contribution in [1.29, 1.82) is 0 Å². The lowest BCUT2D eigenvalue weighted by molar-refractivity contribution is -0.256. The fourth-order valence-corrected chi connectivity index (χ4v) is 5.30. The molecule has 0 saturated heterocycles. The van der Waals surface area contributed by atoms with Gasteiger partial charge in [0, 0.05) is 29.7 Å². The van der Waals surface area contributed by atoms with Crippen molar-refractivity contribution in [2.45, 2.75) is 37.6 Å². The van der Waals surface area contributed by atoms with Gasteiger partial charge in [-0.1, -0.05) is 35.3 Å². The second-order valence-electron chi connectivity index (χ2n) is 10.7. The molecule has 2 amide bonds. The number of halogens is 5. The highest BCUT2D eigenvalue weighted by molar-refractivity contribution is 6.39. The third-order valence-electron chi connectivity index (χ3n) is 7.22. The molecule has 1 fully saturated rings. The Labute approximate surface area is 255 Å². The zero-order chi connectivity index (χ0) is 31.1. The molecule has 13 heteroatoms. The fraction of sp³-hybridized carbons (Fsp3) is 0.300. The number of nitrogens with one attached hydrogen (secondary N) is 2. The number of aliphatic hydroxyl groups is 1. The van der Waals surface area contributed by atoms with Crippen molar-refractivity contribution in [3.05, 3.63) is 87.5 Å². The van der Waals surface area contributed by atoms with Crippen LogP contribution in [0.3, 0.4) is 0 Å². The number of carbonyl (C=O) groups is 2.